The Kier molecular flexibility index (Phi) is 22.6. The van der Waals surface area contributed by atoms with E-state index in [2.05, 4.69) is 46.0 Å². The maximum atomic E-state index is 15.2. The molecule has 6 aromatic carbocycles. The molecule has 17 heteroatoms. The number of benzene rings is 6. The summed E-state index contributed by atoms with van der Waals surface area (Å²) in [7, 11) is -11.6. The van der Waals surface area contributed by atoms with Crippen LogP contribution >= 0.6 is 0 Å². The van der Waals surface area contributed by atoms with Gasteiger partial charge in [0, 0.05) is 86.1 Å². The average Bonchev–Trinajstić information content (AvgIpc) is 3.83. The molecule has 0 radical (unpaired) electrons. The molecule has 6 aromatic rings. The minimum atomic E-state index is -4.21. The summed E-state index contributed by atoms with van der Waals surface area (Å²) in [6.45, 7) is 25.4. The zero-order valence-corrected chi connectivity index (χ0v) is 50.7. The van der Waals surface area contributed by atoms with Gasteiger partial charge in [0.25, 0.3) is 0 Å². The molecular formula is C64H87B2N5O8S2. The smallest absolute Gasteiger partial charge is 0.423 e. The van der Waals surface area contributed by atoms with E-state index in [-0.39, 0.29) is 59.6 Å². The highest BCUT2D eigenvalue weighted by Gasteiger charge is 2.35. The molecule has 0 saturated carbocycles. The highest BCUT2D eigenvalue weighted by atomic mass is 32.2. The highest BCUT2D eigenvalue weighted by molar-refractivity contribution is 7.90. The number of sulfonamides is 2. The summed E-state index contributed by atoms with van der Waals surface area (Å²) in [4.78, 5) is 4.68. The molecule has 5 N–H and O–H groups in total. The molecule has 0 spiro atoms. The topological polar surface area (TPSA) is 174 Å². The predicted molar refractivity (Wildman–Crippen MR) is 337 cm³/mol. The molecule has 13 nitrogen and oxygen atoms in total. The van der Waals surface area contributed by atoms with E-state index in [0.717, 1.165) is 82.9 Å². The molecule has 434 valence electrons. The van der Waals surface area contributed by atoms with Crippen molar-refractivity contribution in [2.24, 2.45) is 23.7 Å². The number of unbranched alkanes of at least 4 members (excludes halogenated alkanes) is 3. The van der Waals surface area contributed by atoms with Crippen molar-refractivity contribution in [2.45, 2.75) is 110 Å². The lowest BCUT2D eigenvalue weighted by molar-refractivity contribution is 0.248. The second kappa shape index (κ2) is 28.9. The average molecular weight is 1140 g/mol. The van der Waals surface area contributed by atoms with Crippen LogP contribution in [0.5, 0.6) is 0 Å². The molecule has 0 heterocycles. The number of rotatable bonds is 32. The van der Waals surface area contributed by atoms with Crippen LogP contribution in [0.3, 0.4) is 0 Å². The van der Waals surface area contributed by atoms with Gasteiger partial charge in [0.2, 0.25) is 20.0 Å². The Morgan fingerprint density at radius 1 is 0.580 bits per heavy atom. The third kappa shape index (κ3) is 16.3. The molecule has 0 bridgehead atoms. The van der Waals surface area contributed by atoms with Gasteiger partial charge in [-0.25, -0.2) is 16.8 Å². The van der Waals surface area contributed by atoms with Crippen LogP contribution in [-0.4, -0.2) is 128 Å². The Bertz CT molecular complexity index is 3290. The molecule has 81 heavy (non-hydrogen) atoms. The van der Waals surface area contributed by atoms with Crippen LogP contribution in [0, 0.1) is 23.7 Å². The van der Waals surface area contributed by atoms with Crippen molar-refractivity contribution >= 4 is 83.8 Å². The standard InChI is InChI=1S/C64H87B2N5O8S2/c1-10-50-24-26-51(27-25-50)43-69(45-54-21-16-17-23-59(54)66(74)75)36-19-12-11-18-35-68(44-53-20-14-13-15-22-58(53)65(72)73)37-34-67-60-33-29-52-28-30-56-61(80(76,77)70(39-46(2)3)40-47(4)5)38-62(57-32-31-55(60)63(52)64(56)57)81(78,79)71(41-48(6)7)42-49(8)9/h10,14-17,20-33,38,46-49,67,72-75H,1,11-13,18-19,34-37,39-45H2,2-9H3. The first-order chi connectivity index (χ1) is 38.6. The molecule has 0 fully saturated rings. The van der Waals surface area contributed by atoms with Crippen molar-refractivity contribution in [1.29, 1.82) is 0 Å². The largest absolute Gasteiger partial charge is 0.488 e. The fourth-order valence-electron chi connectivity index (χ4n) is 11.2. The molecule has 0 saturated heterocycles. The van der Waals surface area contributed by atoms with Crippen LogP contribution < -0.4 is 10.8 Å². The van der Waals surface area contributed by atoms with Crippen LogP contribution in [0.2, 0.25) is 0 Å². The van der Waals surface area contributed by atoms with Gasteiger partial charge in [-0.3, -0.25) is 9.80 Å². The van der Waals surface area contributed by atoms with E-state index in [1.54, 1.807) is 12.1 Å². The first-order valence-corrected chi connectivity index (χ1v) is 32.0. The highest BCUT2D eigenvalue weighted by Crippen LogP contribution is 2.44. The van der Waals surface area contributed by atoms with Gasteiger partial charge in [-0.15, -0.1) is 0 Å². The van der Waals surface area contributed by atoms with E-state index in [1.165, 1.54) is 14.7 Å². The van der Waals surface area contributed by atoms with E-state index in [1.807, 2.05) is 134 Å². The van der Waals surface area contributed by atoms with Crippen LogP contribution in [0.15, 0.2) is 143 Å². The number of nitrogens with zero attached hydrogens (tertiary/aromatic N) is 4. The number of hydrogen-bond acceptors (Lipinski definition) is 11. The third-order valence-electron chi connectivity index (χ3n) is 14.9. The minimum absolute atomic E-state index is 0.00645. The second-order valence-electron chi connectivity index (χ2n) is 23.7. The Balaban J connectivity index is 1.17. The monoisotopic (exact) mass is 1140 g/mol. The van der Waals surface area contributed by atoms with Crippen LogP contribution in [0.1, 0.15) is 104 Å². The van der Waals surface area contributed by atoms with Gasteiger partial charge < -0.3 is 25.4 Å². The minimum Gasteiger partial charge on any atom is -0.423 e. The lowest BCUT2D eigenvalue weighted by Gasteiger charge is -2.29. The van der Waals surface area contributed by atoms with E-state index in [4.69, 9.17) is 0 Å². The summed E-state index contributed by atoms with van der Waals surface area (Å²) in [5.41, 5.74) is 5.73. The lowest BCUT2D eigenvalue weighted by atomic mass is 9.76. The maximum Gasteiger partial charge on any atom is 0.488 e. The number of nitrogens with one attached hydrogen (secondary N) is 1. The summed E-state index contributed by atoms with van der Waals surface area (Å²) in [6, 6.07) is 28.9. The van der Waals surface area contributed by atoms with Crippen LogP contribution in [0.4, 0.5) is 5.69 Å². The molecule has 0 amide bonds. The molecule has 0 aromatic heterocycles. The summed E-state index contributed by atoms with van der Waals surface area (Å²) in [5, 5.41) is 49.1. The molecule has 1 aliphatic carbocycles. The quantitative estimate of drug-likeness (QED) is 0.0155. The van der Waals surface area contributed by atoms with E-state index < -0.39 is 34.3 Å². The Hall–Kier alpha value is -5.17. The Labute approximate surface area is 484 Å². The SMILES string of the molecule is C=Cc1ccc(CN(CCCCCCN(CCNc2ccc3ccc4c(S(=O)(=O)N(CC(C)C)CC(C)C)cc(S(=O)(=O)N(CC(C)C)CC(C)C)c5ccc2c3c45)CC2=C(B(O)O)C=CCC=C2)Cc2ccccc2B(O)O)cc1. The van der Waals surface area contributed by atoms with Crippen molar-refractivity contribution < 1.29 is 36.9 Å². The second-order valence-corrected chi connectivity index (χ2v) is 27.5. The lowest BCUT2D eigenvalue weighted by Crippen LogP contribution is -2.38. The van der Waals surface area contributed by atoms with Crippen molar-refractivity contribution in [3.8, 4) is 0 Å². The predicted octanol–water partition coefficient (Wildman–Crippen LogP) is 10.3. The van der Waals surface area contributed by atoms with Gasteiger partial charge in [0.15, 0.2) is 0 Å². The molecule has 0 aliphatic heterocycles. The van der Waals surface area contributed by atoms with Gasteiger partial charge in [-0.2, -0.15) is 8.61 Å². The van der Waals surface area contributed by atoms with Gasteiger partial charge >= 0.3 is 14.2 Å². The normalized spacial score (nSPS) is 13.6. The Morgan fingerprint density at radius 2 is 1.12 bits per heavy atom. The first kappa shape index (κ1) is 63.4. The third-order valence-corrected chi connectivity index (χ3v) is 18.7. The first-order valence-electron chi connectivity index (χ1n) is 29.1. The summed E-state index contributed by atoms with van der Waals surface area (Å²) in [5.74, 6) is 0.127. The fraction of sp³-hybridized carbons (Fsp3) is 0.438. The molecular weight excluding hydrogens is 1050 g/mol. The summed E-state index contributed by atoms with van der Waals surface area (Å²) >= 11 is 0. The van der Waals surface area contributed by atoms with Crippen molar-refractivity contribution in [3.63, 3.8) is 0 Å². The Morgan fingerprint density at radius 3 is 1.69 bits per heavy atom. The maximum absolute atomic E-state index is 15.2. The summed E-state index contributed by atoms with van der Waals surface area (Å²) < 4.78 is 63.9. The van der Waals surface area contributed by atoms with E-state index >= 15 is 16.8 Å². The van der Waals surface area contributed by atoms with Gasteiger partial charge in [0.1, 0.15) is 0 Å². The van der Waals surface area contributed by atoms with Gasteiger partial charge in [-0.1, -0.05) is 184 Å². The van der Waals surface area contributed by atoms with Crippen LogP contribution in [0.25, 0.3) is 38.4 Å². The van der Waals surface area contributed by atoms with E-state index in [0.29, 0.717) is 66.2 Å². The van der Waals surface area contributed by atoms with E-state index in [9.17, 15) is 20.1 Å². The molecule has 0 atom stereocenters. The van der Waals surface area contributed by atoms with Crippen molar-refractivity contribution in [1.82, 2.24) is 18.4 Å². The molecule has 1 aliphatic rings. The van der Waals surface area contributed by atoms with Crippen molar-refractivity contribution in [2.75, 3.05) is 64.2 Å². The van der Waals surface area contributed by atoms with Gasteiger partial charge in [0.05, 0.1) is 9.79 Å². The van der Waals surface area contributed by atoms with Crippen molar-refractivity contribution in [3.05, 3.63) is 150 Å². The fourth-order valence-corrected chi connectivity index (χ4v) is 15.3. The van der Waals surface area contributed by atoms with Crippen LogP contribution in [-0.2, 0) is 33.1 Å². The zero-order chi connectivity index (χ0) is 58.6. The number of allylic oxidation sites excluding steroid dienone is 4. The molecule has 7 rings (SSSR count). The zero-order valence-electron chi connectivity index (χ0n) is 49.1. The number of anilines is 1. The summed E-state index contributed by atoms with van der Waals surface area (Å²) in [6.07, 6.45) is 14.0. The van der Waals surface area contributed by atoms with Gasteiger partial charge in [-0.05, 0) is 112 Å². The molecule has 0 unspecified atom stereocenters. The number of hydrogen-bond donors (Lipinski definition) is 5.